The van der Waals surface area contributed by atoms with Crippen molar-refractivity contribution in [3.63, 3.8) is 0 Å². The maximum Gasteiger partial charge on any atom is 0.249 e. The van der Waals surface area contributed by atoms with Crippen molar-refractivity contribution < 1.29 is 27.2 Å². The van der Waals surface area contributed by atoms with Crippen molar-refractivity contribution in [1.29, 1.82) is 0 Å². The molecule has 0 spiro atoms. The number of carbonyl (C=O) groups is 2. The summed E-state index contributed by atoms with van der Waals surface area (Å²) in [7, 11) is 0. The summed E-state index contributed by atoms with van der Waals surface area (Å²) in [4.78, 5) is 31.2. The number of imidazole rings is 1. The molecule has 0 saturated heterocycles. The van der Waals surface area contributed by atoms with Gasteiger partial charge in [-0.2, -0.15) is 5.10 Å². The number of benzene rings is 6. The highest BCUT2D eigenvalue weighted by Gasteiger charge is 2.21. The number of aromatic nitrogens is 4. The van der Waals surface area contributed by atoms with E-state index in [0.29, 0.717) is 33.4 Å². The summed E-state index contributed by atoms with van der Waals surface area (Å²) in [6, 6.07) is 23.0. The number of rotatable bonds is 6. The molecule has 6 N–H and O–H groups in total. The average molecular weight is 768 g/mol. The second-order valence-corrected chi connectivity index (χ2v) is 13.0. The van der Waals surface area contributed by atoms with Gasteiger partial charge >= 0.3 is 0 Å². The number of hydrogen-bond donors (Lipinski definition) is 4. The first-order valence-corrected chi connectivity index (χ1v) is 16.7. The van der Waals surface area contributed by atoms with Crippen LogP contribution in [0.25, 0.3) is 66.4 Å². The van der Waals surface area contributed by atoms with Crippen LogP contribution in [-0.2, 0) is 0 Å². The van der Waals surface area contributed by atoms with E-state index in [-0.39, 0.29) is 32.3 Å². The average Bonchev–Trinajstić information content (AvgIpc) is 3.79. The lowest BCUT2D eigenvalue weighted by molar-refractivity contribution is 0.0992. The Bertz CT molecular complexity index is 2560. The molecule has 2 amide bonds. The van der Waals surface area contributed by atoms with E-state index in [4.69, 9.17) is 34.7 Å². The Kier molecular flexibility index (Phi) is 9.63. The molecule has 0 unspecified atom stereocenters. The molecule has 6 aromatic carbocycles. The standard InChI is InChI=1S/2C20H12ClF2N3O/c21-12-6-15(10-1-2-17-18(5-10)26-9-25-17)19(16(7-12)20(24)27)11-3-13(22)8-14(23)4-11;21-13-6-16(10-1-2-18-12(3-10)9-25-26-18)19(17(7-13)20(24)27)11-4-14(22)8-15(23)5-11/h2*1-9H,(H2,24,27)(H,25,26). The maximum absolute atomic E-state index is 13.8. The fourth-order valence-electron chi connectivity index (χ4n) is 6.29. The molecule has 54 heavy (non-hydrogen) atoms. The summed E-state index contributed by atoms with van der Waals surface area (Å²) in [6.07, 6.45) is 3.21. The number of H-pyrrole nitrogens is 2. The Morgan fingerprint density at radius 2 is 1.07 bits per heavy atom. The highest BCUT2D eigenvalue weighted by Crippen LogP contribution is 2.40. The van der Waals surface area contributed by atoms with Crippen LogP contribution in [0.2, 0.25) is 10.0 Å². The van der Waals surface area contributed by atoms with Gasteiger partial charge in [-0.3, -0.25) is 14.7 Å². The number of carbonyl (C=O) groups excluding carboxylic acids is 2. The van der Waals surface area contributed by atoms with E-state index in [1.807, 2.05) is 18.2 Å². The third kappa shape index (κ3) is 7.25. The van der Waals surface area contributed by atoms with Gasteiger partial charge in [-0.15, -0.1) is 0 Å². The number of amides is 2. The topological polar surface area (TPSA) is 144 Å². The molecular formula is C40H24Cl2F4N6O2. The van der Waals surface area contributed by atoms with Crippen LogP contribution in [0.4, 0.5) is 17.6 Å². The number of hydrogen-bond acceptors (Lipinski definition) is 4. The molecule has 0 bridgehead atoms. The van der Waals surface area contributed by atoms with Gasteiger partial charge in [0, 0.05) is 49.8 Å². The largest absolute Gasteiger partial charge is 0.366 e. The van der Waals surface area contributed by atoms with Gasteiger partial charge in [-0.05, 0) is 106 Å². The monoisotopic (exact) mass is 766 g/mol. The van der Waals surface area contributed by atoms with E-state index in [0.717, 1.165) is 58.3 Å². The molecule has 2 heterocycles. The van der Waals surface area contributed by atoms with E-state index in [1.165, 1.54) is 12.1 Å². The first kappa shape index (κ1) is 35.9. The van der Waals surface area contributed by atoms with Gasteiger partial charge < -0.3 is 16.5 Å². The number of aromatic amines is 2. The molecule has 0 fully saturated rings. The summed E-state index contributed by atoms with van der Waals surface area (Å²) < 4.78 is 55.3. The number of halogens is 6. The van der Waals surface area contributed by atoms with E-state index < -0.39 is 35.1 Å². The van der Waals surface area contributed by atoms with Crippen LogP contribution in [0, 0.1) is 23.3 Å². The van der Waals surface area contributed by atoms with Crippen molar-refractivity contribution in [2.45, 2.75) is 0 Å². The number of nitrogens with two attached hydrogens (primary N) is 2. The first-order chi connectivity index (χ1) is 25.8. The van der Waals surface area contributed by atoms with Gasteiger partial charge in [0.05, 0.1) is 29.1 Å². The maximum atomic E-state index is 13.8. The van der Waals surface area contributed by atoms with Gasteiger partial charge in [-0.1, -0.05) is 35.3 Å². The second-order valence-electron chi connectivity index (χ2n) is 12.1. The van der Waals surface area contributed by atoms with Crippen molar-refractivity contribution in [1.82, 2.24) is 20.2 Å². The van der Waals surface area contributed by atoms with Gasteiger partial charge in [-0.25, -0.2) is 22.5 Å². The summed E-state index contributed by atoms with van der Waals surface area (Å²) in [5.74, 6) is -4.53. The fraction of sp³-hybridized carbons (Fsp3) is 0. The van der Waals surface area contributed by atoms with Crippen LogP contribution < -0.4 is 11.5 Å². The highest BCUT2D eigenvalue weighted by molar-refractivity contribution is 6.32. The Balaban J connectivity index is 0.000000167. The van der Waals surface area contributed by atoms with Gasteiger partial charge in [0.1, 0.15) is 23.3 Å². The molecule has 0 aliphatic carbocycles. The minimum atomic E-state index is -0.759. The second kappa shape index (κ2) is 14.5. The van der Waals surface area contributed by atoms with E-state index in [1.54, 1.807) is 42.9 Å². The number of primary amides is 2. The lowest BCUT2D eigenvalue weighted by Crippen LogP contribution is -2.13. The SMILES string of the molecule is NC(=O)c1cc(Cl)cc(-c2ccc3[nH]ncc3c2)c1-c1cc(F)cc(F)c1.NC(=O)c1cc(Cl)cc(-c2ccc3nc[nH]c3c2)c1-c1cc(F)cc(F)c1. The predicted molar refractivity (Wildman–Crippen MR) is 201 cm³/mol. The molecule has 268 valence electrons. The van der Waals surface area contributed by atoms with E-state index in [9.17, 15) is 27.2 Å². The van der Waals surface area contributed by atoms with Crippen LogP contribution in [0.15, 0.2) is 110 Å². The van der Waals surface area contributed by atoms with Crippen LogP contribution in [-0.4, -0.2) is 32.0 Å². The summed E-state index contributed by atoms with van der Waals surface area (Å²) in [5.41, 5.74) is 17.0. The molecule has 8 nitrogen and oxygen atoms in total. The molecule has 8 rings (SSSR count). The number of nitrogens with zero attached hydrogens (tertiary/aromatic N) is 2. The number of nitrogens with one attached hydrogen (secondary N) is 2. The highest BCUT2D eigenvalue weighted by atomic mass is 35.5. The zero-order chi connectivity index (χ0) is 38.3. The minimum Gasteiger partial charge on any atom is -0.366 e. The molecule has 0 aliphatic rings. The van der Waals surface area contributed by atoms with Crippen molar-refractivity contribution in [3.8, 4) is 44.5 Å². The minimum absolute atomic E-state index is 0.0761. The van der Waals surface area contributed by atoms with E-state index >= 15 is 0 Å². The quantitative estimate of drug-likeness (QED) is 0.125. The van der Waals surface area contributed by atoms with Gasteiger partial charge in [0.25, 0.3) is 0 Å². The molecule has 0 saturated carbocycles. The molecule has 0 atom stereocenters. The summed E-state index contributed by atoms with van der Waals surface area (Å²) in [6.45, 7) is 0. The molecule has 2 aromatic heterocycles. The lowest BCUT2D eigenvalue weighted by atomic mass is 9.89. The Hall–Kier alpha value is -6.50. The predicted octanol–water partition coefficient (Wildman–Crippen LogP) is 9.85. The molecule has 0 aliphatic heterocycles. The zero-order valence-electron chi connectivity index (χ0n) is 27.5. The van der Waals surface area contributed by atoms with E-state index in [2.05, 4.69) is 20.2 Å². The van der Waals surface area contributed by atoms with Crippen LogP contribution >= 0.6 is 23.2 Å². The smallest absolute Gasteiger partial charge is 0.249 e. The Morgan fingerprint density at radius 3 is 1.59 bits per heavy atom. The van der Waals surface area contributed by atoms with Gasteiger partial charge in [0.2, 0.25) is 11.8 Å². The zero-order valence-corrected chi connectivity index (χ0v) is 29.0. The fourth-order valence-corrected chi connectivity index (χ4v) is 6.73. The lowest BCUT2D eigenvalue weighted by Gasteiger charge is -2.15. The van der Waals surface area contributed by atoms with Crippen LogP contribution in [0.5, 0.6) is 0 Å². The molecular weight excluding hydrogens is 743 g/mol. The number of fused-ring (bicyclic) bond motifs is 2. The molecule has 0 radical (unpaired) electrons. The molecule has 8 aromatic rings. The van der Waals surface area contributed by atoms with Gasteiger partial charge in [0.15, 0.2) is 0 Å². The van der Waals surface area contributed by atoms with Crippen molar-refractivity contribution >= 4 is 57.0 Å². The van der Waals surface area contributed by atoms with Crippen molar-refractivity contribution in [2.24, 2.45) is 11.5 Å². The third-order valence-corrected chi connectivity index (χ3v) is 8.96. The normalized spacial score (nSPS) is 11.1. The van der Waals surface area contributed by atoms with Crippen molar-refractivity contribution in [2.75, 3.05) is 0 Å². The third-order valence-electron chi connectivity index (χ3n) is 8.52. The molecule has 14 heteroatoms. The Morgan fingerprint density at radius 1 is 0.574 bits per heavy atom. The van der Waals surface area contributed by atoms with Crippen LogP contribution in [0.1, 0.15) is 20.7 Å². The summed E-state index contributed by atoms with van der Waals surface area (Å²) in [5, 5.41) is 8.23. The Labute approximate surface area is 313 Å². The van der Waals surface area contributed by atoms with Crippen LogP contribution in [0.3, 0.4) is 0 Å². The van der Waals surface area contributed by atoms with Crippen molar-refractivity contribution in [3.05, 3.63) is 154 Å². The summed E-state index contributed by atoms with van der Waals surface area (Å²) >= 11 is 12.4. The first-order valence-electron chi connectivity index (χ1n) is 15.9.